The Bertz CT molecular complexity index is 356. The molecule has 4 heteroatoms. The Hall–Kier alpha value is -0.160. The normalized spacial score (nSPS) is 35.6. The van der Waals surface area contributed by atoms with Gasteiger partial charge in [0.25, 0.3) is 0 Å². The average molecular weight is 297 g/mol. The van der Waals surface area contributed by atoms with Crippen LogP contribution in [0.3, 0.4) is 0 Å². The standard InChI is InChI=1S/C17H35N3O/c1-16(2)11-13(17(3,4)21-16)15(18-5)14-12-19(6)9-8-10-20(14)7/h13-15,18H,8-12H2,1-7H3. The van der Waals surface area contributed by atoms with E-state index in [2.05, 4.69) is 64.0 Å². The lowest BCUT2D eigenvalue weighted by Crippen LogP contribution is -2.57. The minimum Gasteiger partial charge on any atom is -0.369 e. The van der Waals surface area contributed by atoms with Crippen LogP contribution in [0.15, 0.2) is 0 Å². The van der Waals surface area contributed by atoms with Crippen molar-refractivity contribution in [2.75, 3.05) is 40.8 Å². The Morgan fingerprint density at radius 2 is 1.81 bits per heavy atom. The first-order chi connectivity index (χ1) is 9.66. The van der Waals surface area contributed by atoms with Crippen LogP contribution >= 0.6 is 0 Å². The maximum atomic E-state index is 6.34. The summed E-state index contributed by atoms with van der Waals surface area (Å²) in [5.74, 6) is 0.538. The first-order valence-corrected chi connectivity index (χ1v) is 8.42. The van der Waals surface area contributed by atoms with Gasteiger partial charge in [0.05, 0.1) is 11.2 Å². The highest BCUT2D eigenvalue weighted by Gasteiger charge is 2.51. The molecule has 2 aliphatic rings. The van der Waals surface area contributed by atoms with Gasteiger partial charge in [-0.15, -0.1) is 0 Å². The summed E-state index contributed by atoms with van der Waals surface area (Å²) >= 11 is 0. The molecular weight excluding hydrogens is 262 g/mol. The molecule has 0 saturated carbocycles. The van der Waals surface area contributed by atoms with Gasteiger partial charge in [0, 0.05) is 24.5 Å². The van der Waals surface area contributed by atoms with E-state index in [1.807, 2.05) is 0 Å². The molecule has 3 unspecified atom stereocenters. The fourth-order valence-electron chi connectivity index (χ4n) is 4.52. The molecule has 0 aromatic rings. The van der Waals surface area contributed by atoms with Crippen LogP contribution in [0.5, 0.6) is 0 Å². The van der Waals surface area contributed by atoms with Gasteiger partial charge in [-0.3, -0.25) is 0 Å². The molecule has 2 saturated heterocycles. The van der Waals surface area contributed by atoms with E-state index in [0.29, 0.717) is 18.0 Å². The molecule has 2 rings (SSSR count). The summed E-state index contributed by atoms with van der Waals surface area (Å²) in [4.78, 5) is 5.03. The molecule has 0 aromatic heterocycles. The van der Waals surface area contributed by atoms with E-state index in [4.69, 9.17) is 4.74 Å². The minimum atomic E-state index is -0.0666. The third-order valence-corrected chi connectivity index (χ3v) is 5.44. The second-order valence-electron chi connectivity index (χ2n) is 8.25. The summed E-state index contributed by atoms with van der Waals surface area (Å²) in [7, 11) is 6.64. The number of nitrogens with one attached hydrogen (secondary N) is 1. The zero-order valence-corrected chi connectivity index (χ0v) is 15.1. The third kappa shape index (κ3) is 3.79. The van der Waals surface area contributed by atoms with Gasteiger partial charge in [-0.2, -0.15) is 0 Å². The van der Waals surface area contributed by atoms with Crippen LogP contribution < -0.4 is 5.32 Å². The monoisotopic (exact) mass is 297 g/mol. The van der Waals surface area contributed by atoms with Gasteiger partial charge in [-0.25, -0.2) is 0 Å². The predicted octanol–water partition coefficient (Wildman–Crippen LogP) is 1.80. The Kier molecular flexibility index (Phi) is 5.04. The lowest BCUT2D eigenvalue weighted by Gasteiger charge is -2.41. The smallest absolute Gasteiger partial charge is 0.0678 e. The van der Waals surface area contributed by atoms with E-state index in [9.17, 15) is 0 Å². The molecule has 1 N–H and O–H groups in total. The van der Waals surface area contributed by atoms with E-state index in [1.165, 1.54) is 19.5 Å². The number of likely N-dealkylation sites (N-methyl/N-ethyl adjacent to an activating group) is 3. The molecule has 4 nitrogen and oxygen atoms in total. The number of nitrogens with zero attached hydrogens (tertiary/aromatic N) is 2. The summed E-state index contributed by atoms with van der Waals surface area (Å²) in [6, 6.07) is 1.01. The molecule has 21 heavy (non-hydrogen) atoms. The Labute approximate surface area is 131 Å². The first-order valence-electron chi connectivity index (χ1n) is 8.42. The second kappa shape index (κ2) is 6.15. The van der Waals surface area contributed by atoms with Gasteiger partial charge in [0.1, 0.15) is 0 Å². The molecule has 2 fully saturated rings. The highest BCUT2D eigenvalue weighted by molar-refractivity contribution is 5.03. The first kappa shape index (κ1) is 17.2. The second-order valence-corrected chi connectivity index (χ2v) is 8.25. The quantitative estimate of drug-likeness (QED) is 0.860. The zero-order chi connectivity index (χ0) is 15.8. The Morgan fingerprint density at radius 3 is 2.33 bits per heavy atom. The zero-order valence-electron chi connectivity index (χ0n) is 15.1. The van der Waals surface area contributed by atoms with Crippen LogP contribution in [0.25, 0.3) is 0 Å². The van der Waals surface area contributed by atoms with Gasteiger partial charge < -0.3 is 19.9 Å². The summed E-state index contributed by atoms with van der Waals surface area (Å²) in [6.07, 6.45) is 2.38. The van der Waals surface area contributed by atoms with E-state index < -0.39 is 0 Å². The fraction of sp³-hybridized carbons (Fsp3) is 1.00. The average Bonchev–Trinajstić information content (AvgIpc) is 2.45. The van der Waals surface area contributed by atoms with Crippen LogP contribution in [0.1, 0.15) is 40.5 Å². The van der Waals surface area contributed by atoms with Crippen LogP contribution in [0.4, 0.5) is 0 Å². The molecule has 0 aromatic carbocycles. The maximum absolute atomic E-state index is 6.34. The molecule has 0 bridgehead atoms. The van der Waals surface area contributed by atoms with Crippen molar-refractivity contribution >= 4 is 0 Å². The van der Waals surface area contributed by atoms with Gasteiger partial charge in [-0.1, -0.05) is 0 Å². The van der Waals surface area contributed by atoms with Crippen molar-refractivity contribution in [1.82, 2.24) is 15.1 Å². The predicted molar refractivity (Wildman–Crippen MR) is 88.7 cm³/mol. The Morgan fingerprint density at radius 1 is 1.14 bits per heavy atom. The molecule has 0 spiro atoms. The van der Waals surface area contributed by atoms with Crippen LogP contribution in [0.2, 0.25) is 0 Å². The molecular formula is C17H35N3O. The van der Waals surface area contributed by atoms with E-state index in [0.717, 1.165) is 13.0 Å². The van der Waals surface area contributed by atoms with Gasteiger partial charge in [0.2, 0.25) is 0 Å². The lowest BCUT2D eigenvalue weighted by molar-refractivity contribution is -0.0802. The number of ether oxygens (including phenoxy) is 1. The van der Waals surface area contributed by atoms with Crippen molar-refractivity contribution in [3.8, 4) is 0 Å². The number of rotatable bonds is 3. The molecule has 2 aliphatic heterocycles. The Balaban J connectivity index is 2.21. The van der Waals surface area contributed by atoms with E-state index in [-0.39, 0.29) is 11.2 Å². The topological polar surface area (TPSA) is 27.7 Å². The number of hydrogen-bond acceptors (Lipinski definition) is 4. The molecule has 0 radical (unpaired) electrons. The fourth-order valence-corrected chi connectivity index (χ4v) is 4.52. The van der Waals surface area contributed by atoms with Gasteiger partial charge in [-0.05, 0) is 74.8 Å². The van der Waals surface area contributed by atoms with Gasteiger partial charge in [0.15, 0.2) is 0 Å². The summed E-state index contributed by atoms with van der Waals surface area (Å²) in [5.41, 5.74) is -0.0820. The lowest BCUT2D eigenvalue weighted by atomic mass is 9.78. The molecule has 3 atom stereocenters. The van der Waals surface area contributed by atoms with Crippen molar-refractivity contribution in [3.63, 3.8) is 0 Å². The van der Waals surface area contributed by atoms with Crippen LogP contribution in [-0.2, 0) is 4.74 Å². The molecule has 2 heterocycles. The highest BCUT2D eigenvalue weighted by Crippen LogP contribution is 2.44. The maximum Gasteiger partial charge on any atom is 0.0678 e. The van der Waals surface area contributed by atoms with Gasteiger partial charge >= 0.3 is 0 Å². The third-order valence-electron chi connectivity index (χ3n) is 5.44. The minimum absolute atomic E-state index is 0.0154. The van der Waals surface area contributed by atoms with E-state index >= 15 is 0 Å². The van der Waals surface area contributed by atoms with Crippen molar-refractivity contribution in [2.24, 2.45) is 5.92 Å². The van der Waals surface area contributed by atoms with Crippen LogP contribution in [-0.4, -0.2) is 73.9 Å². The SMILES string of the molecule is CNC(C1CN(C)CCCN1C)C1CC(C)(C)OC1(C)C. The molecule has 124 valence electrons. The van der Waals surface area contributed by atoms with Crippen molar-refractivity contribution in [1.29, 1.82) is 0 Å². The summed E-state index contributed by atoms with van der Waals surface area (Å²) in [5, 5.41) is 3.64. The summed E-state index contributed by atoms with van der Waals surface area (Å²) in [6.45, 7) is 12.5. The molecule has 0 amide bonds. The van der Waals surface area contributed by atoms with Crippen molar-refractivity contribution in [2.45, 2.75) is 63.8 Å². The number of hydrogen-bond donors (Lipinski definition) is 1. The largest absolute Gasteiger partial charge is 0.369 e. The van der Waals surface area contributed by atoms with Crippen molar-refractivity contribution < 1.29 is 4.74 Å². The van der Waals surface area contributed by atoms with Crippen molar-refractivity contribution in [3.05, 3.63) is 0 Å². The van der Waals surface area contributed by atoms with E-state index in [1.54, 1.807) is 0 Å². The summed E-state index contributed by atoms with van der Waals surface area (Å²) < 4.78 is 6.34. The van der Waals surface area contributed by atoms with Crippen LogP contribution in [0, 0.1) is 5.92 Å². The highest BCUT2D eigenvalue weighted by atomic mass is 16.5. The molecule has 0 aliphatic carbocycles.